The average molecular weight is 246 g/mol. The lowest BCUT2D eigenvalue weighted by molar-refractivity contribution is 0.263. The molecule has 0 saturated carbocycles. The van der Waals surface area contributed by atoms with E-state index in [2.05, 4.69) is 25.7 Å². The molecule has 1 unspecified atom stereocenters. The molecular formula is C15H19FN2. The fourth-order valence-corrected chi connectivity index (χ4v) is 2.57. The quantitative estimate of drug-likeness (QED) is 0.757. The highest BCUT2D eigenvalue weighted by Crippen LogP contribution is 2.36. The van der Waals surface area contributed by atoms with Crippen LogP contribution in [0.2, 0.25) is 0 Å². The molecule has 1 heterocycles. The standard InChI is InChI=1S/C15H19FN2/c1-15(2,3)11-7-8-18(10-11)14-6-4-5-13(16)12(14)9-17/h4-6,11H,7-8,10H2,1-3H3. The van der Waals surface area contributed by atoms with E-state index in [0.717, 1.165) is 25.2 Å². The molecule has 0 aliphatic carbocycles. The fourth-order valence-electron chi connectivity index (χ4n) is 2.57. The molecule has 0 N–H and O–H groups in total. The molecule has 1 aliphatic heterocycles. The molecule has 0 spiro atoms. The normalized spacial score (nSPS) is 19.9. The molecule has 2 nitrogen and oxygen atoms in total. The third-order valence-electron chi connectivity index (χ3n) is 3.86. The summed E-state index contributed by atoms with van der Waals surface area (Å²) in [6.07, 6.45) is 1.10. The van der Waals surface area contributed by atoms with Crippen LogP contribution < -0.4 is 4.90 Å². The summed E-state index contributed by atoms with van der Waals surface area (Å²) in [5, 5.41) is 9.07. The summed E-state index contributed by atoms with van der Waals surface area (Å²) in [7, 11) is 0. The van der Waals surface area contributed by atoms with Gasteiger partial charge in [0.1, 0.15) is 17.4 Å². The summed E-state index contributed by atoms with van der Waals surface area (Å²) in [6.45, 7) is 8.51. The minimum atomic E-state index is -0.422. The SMILES string of the molecule is CC(C)(C)C1CCN(c2cccc(F)c2C#N)C1. The number of benzene rings is 1. The first kappa shape index (κ1) is 12.9. The maximum atomic E-state index is 13.6. The number of rotatable bonds is 1. The molecule has 1 aromatic carbocycles. The highest BCUT2D eigenvalue weighted by atomic mass is 19.1. The van der Waals surface area contributed by atoms with Crippen LogP contribution in [0.25, 0.3) is 0 Å². The third-order valence-corrected chi connectivity index (χ3v) is 3.86. The van der Waals surface area contributed by atoms with Crippen LogP contribution in [0, 0.1) is 28.5 Å². The van der Waals surface area contributed by atoms with Crippen molar-refractivity contribution in [2.24, 2.45) is 11.3 Å². The smallest absolute Gasteiger partial charge is 0.143 e. The van der Waals surface area contributed by atoms with E-state index in [0.29, 0.717) is 5.92 Å². The summed E-state index contributed by atoms with van der Waals surface area (Å²) >= 11 is 0. The number of halogens is 1. The first-order chi connectivity index (χ1) is 8.43. The zero-order valence-electron chi connectivity index (χ0n) is 11.2. The van der Waals surface area contributed by atoms with Gasteiger partial charge in [-0.25, -0.2) is 4.39 Å². The molecule has 18 heavy (non-hydrogen) atoms. The van der Waals surface area contributed by atoms with Gasteiger partial charge in [0.25, 0.3) is 0 Å². The molecule has 3 heteroatoms. The molecule has 1 saturated heterocycles. The lowest BCUT2D eigenvalue weighted by atomic mass is 9.80. The van der Waals surface area contributed by atoms with Crippen molar-refractivity contribution in [2.45, 2.75) is 27.2 Å². The number of nitrogens with zero attached hydrogens (tertiary/aromatic N) is 2. The van der Waals surface area contributed by atoms with E-state index in [4.69, 9.17) is 5.26 Å². The molecule has 0 amide bonds. The molecule has 1 atom stereocenters. The predicted octanol–water partition coefficient (Wildman–Crippen LogP) is 3.57. The summed E-state index contributed by atoms with van der Waals surface area (Å²) < 4.78 is 13.6. The number of anilines is 1. The van der Waals surface area contributed by atoms with Crippen LogP contribution in [0.5, 0.6) is 0 Å². The van der Waals surface area contributed by atoms with Gasteiger partial charge in [0.05, 0.1) is 5.69 Å². The Kier molecular flexibility index (Phi) is 3.30. The van der Waals surface area contributed by atoms with Crippen molar-refractivity contribution in [3.63, 3.8) is 0 Å². The van der Waals surface area contributed by atoms with Crippen LogP contribution >= 0.6 is 0 Å². The van der Waals surface area contributed by atoms with E-state index in [-0.39, 0.29) is 11.0 Å². The summed E-state index contributed by atoms with van der Waals surface area (Å²) in [6, 6.07) is 6.84. The van der Waals surface area contributed by atoms with E-state index < -0.39 is 5.82 Å². The second kappa shape index (κ2) is 4.61. The Morgan fingerprint density at radius 1 is 1.39 bits per heavy atom. The Morgan fingerprint density at radius 2 is 2.11 bits per heavy atom. The highest BCUT2D eigenvalue weighted by molar-refractivity contribution is 5.60. The maximum absolute atomic E-state index is 13.6. The van der Waals surface area contributed by atoms with Crippen LogP contribution in [-0.4, -0.2) is 13.1 Å². The van der Waals surface area contributed by atoms with Crippen molar-refractivity contribution in [1.82, 2.24) is 0 Å². The van der Waals surface area contributed by atoms with Crippen LogP contribution in [0.15, 0.2) is 18.2 Å². The Labute approximate surface area is 108 Å². The molecule has 0 radical (unpaired) electrons. The van der Waals surface area contributed by atoms with Crippen molar-refractivity contribution in [2.75, 3.05) is 18.0 Å². The molecule has 96 valence electrons. The van der Waals surface area contributed by atoms with Crippen LogP contribution in [0.4, 0.5) is 10.1 Å². The lowest BCUT2D eigenvalue weighted by Gasteiger charge is -2.27. The fraction of sp³-hybridized carbons (Fsp3) is 0.533. The van der Waals surface area contributed by atoms with Crippen molar-refractivity contribution in [1.29, 1.82) is 5.26 Å². The van der Waals surface area contributed by atoms with Gasteiger partial charge in [-0.05, 0) is 29.9 Å². The van der Waals surface area contributed by atoms with Gasteiger partial charge in [-0.1, -0.05) is 26.8 Å². The summed E-state index contributed by atoms with van der Waals surface area (Å²) in [5.41, 5.74) is 1.17. The first-order valence-electron chi connectivity index (χ1n) is 6.37. The Hall–Kier alpha value is -1.56. The van der Waals surface area contributed by atoms with Gasteiger partial charge in [-0.2, -0.15) is 5.26 Å². The molecule has 0 bridgehead atoms. The van der Waals surface area contributed by atoms with Gasteiger partial charge in [-0.15, -0.1) is 0 Å². The van der Waals surface area contributed by atoms with E-state index in [1.54, 1.807) is 6.07 Å². The Morgan fingerprint density at radius 3 is 2.67 bits per heavy atom. The average Bonchev–Trinajstić information content (AvgIpc) is 2.77. The highest BCUT2D eigenvalue weighted by Gasteiger charge is 2.32. The largest absolute Gasteiger partial charge is 0.370 e. The van der Waals surface area contributed by atoms with Crippen molar-refractivity contribution >= 4 is 5.69 Å². The van der Waals surface area contributed by atoms with Crippen molar-refractivity contribution < 1.29 is 4.39 Å². The molecule has 1 aromatic rings. The van der Waals surface area contributed by atoms with Gasteiger partial charge >= 0.3 is 0 Å². The van der Waals surface area contributed by atoms with Gasteiger partial charge in [0.2, 0.25) is 0 Å². The van der Waals surface area contributed by atoms with E-state index in [1.807, 2.05) is 12.1 Å². The molecule has 1 aliphatic rings. The van der Waals surface area contributed by atoms with Crippen molar-refractivity contribution in [3.05, 3.63) is 29.6 Å². The number of nitriles is 1. The van der Waals surface area contributed by atoms with Crippen LogP contribution in [0.3, 0.4) is 0 Å². The van der Waals surface area contributed by atoms with E-state index in [9.17, 15) is 4.39 Å². The zero-order valence-corrected chi connectivity index (χ0v) is 11.2. The minimum absolute atomic E-state index is 0.173. The van der Waals surface area contributed by atoms with Gasteiger partial charge < -0.3 is 4.90 Å². The molecule has 1 fully saturated rings. The molecule has 2 rings (SSSR count). The van der Waals surface area contributed by atoms with Gasteiger partial charge in [0.15, 0.2) is 0 Å². The summed E-state index contributed by atoms with van der Waals surface area (Å²) in [4.78, 5) is 2.14. The first-order valence-corrected chi connectivity index (χ1v) is 6.37. The molecule has 0 aromatic heterocycles. The zero-order chi connectivity index (χ0) is 13.3. The topological polar surface area (TPSA) is 27.0 Å². The van der Waals surface area contributed by atoms with Crippen molar-refractivity contribution in [3.8, 4) is 6.07 Å². The summed E-state index contributed by atoms with van der Waals surface area (Å²) in [5.74, 6) is 0.168. The minimum Gasteiger partial charge on any atom is -0.370 e. The van der Waals surface area contributed by atoms with Gasteiger partial charge in [-0.3, -0.25) is 0 Å². The number of hydrogen-bond donors (Lipinski definition) is 0. The van der Waals surface area contributed by atoms with Crippen LogP contribution in [-0.2, 0) is 0 Å². The number of hydrogen-bond acceptors (Lipinski definition) is 2. The third kappa shape index (κ3) is 2.33. The van der Waals surface area contributed by atoms with Gasteiger partial charge in [0, 0.05) is 13.1 Å². The molecular weight excluding hydrogens is 227 g/mol. The predicted molar refractivity (Wildman–Crippen MR) is 70.9 cm³/mol. The van der Waals surface area contributed by atoms with Crippen LogP contribution in [0.1, 0.15) is 32.8 Å². The van der Waals surface area contributed by atoms with E-state index >= 15 is 0 Å². The Balaban J connectivity index is 2.26. The Bertz CT molecular complexity index is 482. The monoisotopic (exact) mass is 246 g/mol. The maximum Gasteiger partial charge on any atom is 0.143 e. The second-order valence-corrected chi connectivity index (χ2v) is 6.04. The van der Waals surface area contributed by atoms with E-state index in [1.165, 1.54) is 6.07 Å². The second-order valence-electron chi connectivity index (χ2n) is 6.04. The lowest BCUT2D eigenvalue weighted by Crippen LogP contribution is -2.26.